The number of nitrogens with one attached hydrogen (secondary N) is 1. The molecule has 0 atom stereocenters. The summed E-state index contributed by atoms with van der Waals surface area (Å²) in [5.74, 6) is -0.434. The first-order valence-corrected chi connectivity index (χ1v) is 10.1. The van der Waals surface area contributed by atoms with Gasteiger partial charge in [0.25, 0.3) is 5.91 Å². The third-order valence-corrected chi connectivity index (χ3v) is 6.67. The molecule has 30 heavy (non-hydrogen) atoms. The maximum atomic E-state index is 14.0. The van der Waals surface area contributed by atoms with Crippen LogP contribution >= 0.6 is 0 Å². The van der Waals surface area contributed by atoms with Gasteiger partial charge in [0, 0.05) is 25.1 Å². The van der Waals surface area contributed by atoms with E-state index in [4.69, 9.17) is 0 Å². The fourth-order valence-electron chi connectivity index (χ4n) is 4.78. The molecule has 2 heterocycles. The van der Waals surface area contributed by atoms with Crippen molar-refractivity contribution in [2.45, 2.75) is 42.8 Å². The summed E-state index contributed by atoms with van der Waals surface area (Å²) in [6.45, 7) is 0.687. The van der Waals surface area contributed by atoms with Gasteiger partial charge < -0.3 is 10.2 Å². The van der Waals surface area contributed by atoms with Gasteiger partial charge in [-0.2, -0.15) is 13.2 Å². The molecule has 1 spiro atoms. The summed E-state index contributed by atoms with van der Waals surface area (Å²) >= 11 is 0. The third-order valence-electron chi connectivity index (χ3n) is 6.67. The predicted octanol–water partition coefficient (Wildman–Crippen LogP) is 4.05. The lowest BCUT2D eigenvalue weighted by Crippen LogP contribution is -2.68. The minimum atomic E-state index is -4.41. The van der Waals surface area contributed by atoms with E-state index in [0.717, 1.165) is 5.56 Å². The number of nitrogens with zero attached hydrogens (tertiary/aromatic N) is 1. The summed E-state index contributed by atoms with van der Waals surface area (Å²) < 4.78 is 41.9. The summed E-state index contributed by atoms with van der Waals surface area (Å²) in [6, 6.07) is 14.0. The van der Waals surface area contributed by atoms with E-state index in [9.17, 15) is 22.8 Å². The SMILES string of the molecule is O=C1CCC2(CN(C(=O)c3ccc(-c4ccccc4)cc3C3(C(F)(F)F)CC3)C2)N1. The van der Waals surface area contributed by atoms with Crippen molar-refractivity contribution in [3.63, 3.8) is 0 Å². The second kappa shape index (κ2) is 6.33. The van der Waals surface area contributed by atoms with Gasteiger partial charge in [0.2, 0.25) is 5.91 Å². The first-order chi connectivity index (χ1) is 14.2. The highest BCUT2D eigenvalue weighted by Crippen LogP contribution is 2.60. The standard InChI is InChI=1S/C23H21F3N2O2/c24-23(25,26)22(10-11-22)18-12-16(15-4-2-1-3-5-15)6-7-17(18)20(30)28-13-21(14-28)9-8-19(29)27-21/h1-7,12H,8-11,13-14H2,(H,27,29). The van der Waals surface area contributed by atoms with Crippen LogP contribution in [0, 0.1) is 0 Å². The van der Waals surface area contributed by atoms with Crippen molar-refractivity contribution in [3.8, 4) is 11.1 Å². The second-order valence-electron chi connectivity index (χ2n) is 8.70. The third kappa shape index (κ3) is 2.90. The smallest absolute Gasteiger partial charge is 0.347 e. The molecule has 2 saturated heterocycles. The number of carbonyl (C=O) groups excluding carboxylic acids is 2. The molecular formula is C23H21F3N2O2. The number of hydrogen-bond donors (Lipinski definition) is 1. The number of benzene rings is 2. The molecule has 2 aliphatic heterocycles. The largest absolute Gasteiger partial charge is 0.398 e. The fourth-order valence-corrected chi connectivity index (χ4v) is 4.78. The molecule has 0 unspecified atom stereocenters. The highest BCUT2D eigenvalue weighted by atomic mass is 19.4. The number of amides is 2. The van der Waals surface area contributed by atoms with Crippen LogP contribution in [0.1, 0.15) is 41.6 Å². The molecule has 1 N–H and O–H groups in total. The summed E-state index contributed by atoms with van der Waals surface area (Å²) in [5, 5.41) is 2.90. The summed E-state index contributed by atoms with van der Waals surface area (Å²) in [6.07, 6.45) is -3.34. The van der Waals surface area contributed by atoms with E-state index in [1.165, 1.54) is 12.1 Å². The quantitative estimate of drug-likeness (QED) is 0.824. The number of likely N-dealkylation sites (tertiary alicyclic amines) is 1. The number of rotatable bonds is 3. The maximum Gasteiger partial charge on any atom is 0.398 e. The van der Waals surface area contributed by atoms with Crippen LogP contribution in [0.5, 0.6) is 0 Å². The Morgan fingerprint density at radius 3 is 2.23 bits per heavy atom. The molecule has 1 saturated carbocycles. The molecule has 156 valence electrons. The highest BCUT2D eigenvalue weighted by molar-refractivity contribution is 5.98. The van der Waals surface area contributed by atoms with Crippen LogP contribution in [-0.4, -0.2) is 41.5 Å². The first kappa shape index (κ1) is 19.2. The lowest BCUT2D eigenvalue weighted by atomic mass is 9.84. The Kier molecular flexibility index (Phi) is 4.04. The zero-order valence-corrected chi connectivity index (χ0v) is 16.3. The molecular weight excluding hydrogens is 393 g/mol. The second-order valence-corrected chi connectivity index (χ2v) is 8.70. The van der Waals surface area contributed by atoms with Crippen LogP contribution in [0.25, 0.3) is 11.1 Å². The average molecular weight is 414 g/mol. The normalized spacial score (nSPS) is 21.3. The van der Waals surface area contributed by atoms with E-state index in [1.807, 2.05) is 30.3 Å². The van der Waals surface area contributed by atoms with Gasteiger partial charge in [0.05, 0.1) is 11.0 Å². The minimum Gasteiger partial charge on any atom is -0.347 e. The van der Waals surface area contributed by atoms with Gasteiger partial charge in [-0.3, -0.25) is 9.59 Å². The molecule has 0 radical (unpaired) electrons. The van der Waals surface area contributed by atoms with E-state index in [-0.39, 0.29) is 29.9 Å². The van der Waals surface area contributed by atoms with Crippen molar-refractivity contribution in [3.05, 3.63) is 59.7 Å². The summed E-state index contributed by atoms with van der Waals surface area (Å²) in [4.78, 5) is 26.2. The number of alkyl halides is 3. The Hall–Kier alpha value is -2.83. The Bertz CT molecular complexity index is 1020. The van der Waals surface area contributed by atoms with Crippen LogP contribution in [0.4, 0.5) is 13.2 Å². The lowest BCUT2D eigenvalue weighted by molar-refractivity contribution is -0.160. The molecule has 2 amide bonds. The van der Waals surface area contributed by atoms with Crippen molar-refractivity contribution < 1.29 is 22.8 Å². The van der Waals surface area contributed by atoms with Crippen LogP contribution in [-0.2, 0) is 10.2 Å². The van der Waals surface area contributed by atoms with Gasteiger partial charge in [-0.25, -0.2) is 0 Å². The van der Waals surface area contributed by atoms with Crippen LogP contribution < -0.4 is 5.32 Å². The van der Waals surface area contributed by atoms with E-state index in [0.29, 0.717) is 31.5 Å². The Morgan fingerprint density at radius 1 is 0.967 bits per heavy atom. The zero-order valence-electron chi connectivity index (χ0n) is 16.3. The number of hydrogen-bond acceptors (Lipinski definition) is 2. The average Bonchev–Trinajstić information content (AvgIpc) is 3.43. The Labute approximate surface area is 172 Å². The molecule has 1 aliphatic carbocycles. The van der Waals surface area contributed by atoms with Crippen molar-refractivity contribution >= 4 is 11.8 Å². The summed E-state index contributed by atoms with van der Waals surface area (Å²) in [7, 11) is 0. The number of halogens is 3. The Morgan fingerprint density at radius 2 is 1.67 bits per heavy atom. The van der Waals surface area contributed by atoms with Gasteiger partial charge in [-0.05, 0) is 48.1 Å². The van der Waals surface area contributed by atoms with Gasteiger partial charge in [0.15, 0.2) is 0 Å². The summed E-state index contributed by atoms with van der Waals surface area (Å²) in [5.41, 5.74) is -0.694. The van der Waals surface area contributed by atoms with Crippen LogP contribution in [0.15, 0.2) is 48.5 Å². The molecule has 7 heteroatoms. The van der Waals surface area contributed by atoms with E-state index in [2.05, 4.69) is 5.32 Å². The molecule has 2 aromatic carbocycles. The molecule has 3 fully saturated rings. The molecule has 3 aliphatic rings. The van der Waals surface area contributed by atoms with Gasteiger partial charge in [-0.1, -0.05) is 36.4 Å². The van der Waals surface area contributed by atoms with E-state index < -0.39 is 23.0 Å². The highest BCUT2D eigenvalue weighted by Gasteiger charge is 2.65. The zero-order chi connectivity index (χ0) is 21.1. The van der Waals surface area contributed by atoms with Crippen LogP contribution in [0.3, 0.4) is 0 Å². The maximum absolute atomic E-state index is 14.0. The van der Waals surface area contributed by atoms with Crippen molar-refractivity contribution in [1.29, 1.82) is 0 Å². The van der Waals surface area contributed by atoms with Crippen molar-refractivity contribution in [2.24, 2.45) is 0 Å². The molecule has 0 aromatic heterocycles. The van der Waals surface area contributed by atoms with Crippen LogP contribution in [0.2, 0.25) is 0 Å². The van der Waals surface area contributed by atoms with E-state index in [1.54, 1.807) is 11.0 Å². The molecule has 5 rings (SSSR count). The minimum absolute atomic E-state index is 0.00494. The topological polar surface area (TPSA) is 49.4 Å². The molecule has 0 bridgehead atoms. The lowest BCUT2D eigenvalue weighted by Gasteiger charge is -2.48. The molecule has 4 nitrogen and oxygen atoms in total. The van der Waals surface area contributed by atoms with E-state index >= 15 is 0 Å². The van der Waals surface area contributed by atoms with Gasteiger partial charge in [-0.15, -0.1) is 0 Å². The van der Waals surface area contributed by atoms with Crippen molar-refractivity contribution in [2.75, 3.05) is 13.1 Å². The van der Waals surface area contributed by atoms with Gasteiger partial charge in [0.1, 0.15) is 0 Å². The number of carbonyl (C=O) groups is 2. The molecule has 2 aromatic rings. The first-order valence-electron chi connectivity index (χ1n) is 10.1. The fraction of sp³-hybridized carbons (Fsp3) is 0.391. The predicted molar refractivity (Wildman–Crippen MR) is 105 cm³/mol. The van der Waals surface area contributed by atoms with Gasteiger partial charge >= 0.3 is 6.18 Å². The van der Waals surface area contributed by atoms with Crippen molar-refractivity contribution in [1.82, 2.24) is 10.2 Å². The monoisotopic (exact) mass is 414 g/mol. The Balaban J connectivity index is 1.50.